The molecule has 0 bridgehead atoms. The number of para-hydroxylation sites is 1. The van der Waals surface area contributed by atoms with Crippen LogP contribution >= 0.6 is 0 Å². The Balaban J connectivity index is 2.19. The molecule has 1 aliphatic heterocycles. The second-order valence-corrected chi connectivity index (χ2v) is 6.18. The Morgan fingerprint density at radius 2 is 1.57 bits per heavy atom. The number of pyridine rings is 1. The van der Waals surface area contributed by atoms with Crippen molar-refractivity contribution in [2.24, 2.45) is 0 Å². The summed E-state index contributed by atoms with van der Waals surface area (Å²) in [5.74, 6) is 1.12. The van der Waals surface area contributed by atoms with Gasteiger partial charge < -0.3 is 5.11 Å². The smallest absolute Gasteiger partial charge is 0.287 e. The summed E-state index contributed by atoms with van der Waals surface area (Å²) in [5, 5.41) is 14.2. The standard InChI is InChI=1S/C18H19N2O/c1-18(2,21)20-12-11-19-16-10-6-5-8-14(16)13-7-3-4-9-15(13)17(19)20/h3-10,21H,11-12H2,1-2H3/q+1. The first-order valence-electron chi connectivity index (χ1n) is 7.41. The molecule has 21 heavy (non-hydrogen) atoms. The van der Waals surface area contributed by atoms with Crippen LogP contribution in [0.4, 0.5) is 5.82 Å². The Bertz CT molecular complexity index is 849. The van der Waals surface area contributed by atoms with Gasteiger partial charge in [0.25, 0.3) is 5.82 Å². The van der Waals surface area contributed by atoms with Crippen molar-refractivity contribution in [2.45, 2.75) is 26.1 Å². The molecule has 3 heteroatoms. The number of rotatable bonds is 1. The first kappa shape index (κ1) is 12.6. The number of benzene rings is 2. The topological polar surface area (TPSA) is 27.3 Å². The predicted molar refractivity (Wildman–Crippen MR) is 85.3 cm³/mol. The molecule has 0 aliphatic carbocycles. The number of aromatic nitrogens is 1. The van der Waals surface area contributed by atoms with Crippen molar-refractivity contribution < 1.29 is 9.67 Å². The van der Waals surface area contributed by atoms with Gasteiger partial charge in [0.1, 0.15) is 18.6 Å². The Hall–Kier alpha value is -2.13. The Morgan fingerprint density at radius 3 is 2.29 bits per heavy atom. The SMILES string of the molecule is CC(C)(O)N1CC[n+]2c1c1ccccc1c1ccccc12. The molecule has 0 saturated carbocycles. The fourth-order valence-electron chi connectivity index (χ4n) is 3.47. The molecule has 0 spiro atoms. The number of hydrogen-bond acceptors (Lipinski definition) is 2. The molecule has 1 aliphatic rings. The zero-order valence-corrected chi connectivity index (χ0v) is 12.4. The van der Waals surface area contributed by atoms with Gasteiger partial charge in [0.15, 0.2) is 5.72 Å². The molecule has 0 saturated heterocycles. The van der Waals surface area contributed by atoms with Gasteiger partial charge in [-0.3, -0.25) is 0 Å². The highest BCUT2D eigenvalue weighted by molar-refractivity contribution is 6.08. The van der Waals surface area contributed by atoms with Crippen LogP contribution in [-0.2, 0) is 6.54 Å². The third kappa shape index (κ3) is 1.74. The molecule has 0 unspecified atom stereocenters. The van der Waals surface area contributed by atoms with Gasteiger partial charge in [-0.05, 0) is 12.1 Å². The van der Waals surface area contributed by atoms with Crippen LogP contribution in [0.3, 0.4) is 0 Å². The molecule has 1 aromatic heterocycles. The molecule has 3 aromatic rings. The molecule has 4 rings (SSSR count). The van der Waals surface area contributed by atoms with Crippen LogP contribution in [0, 0.1) is 0 Å². The summed E-state index contributed by atoms with van der Waals surface area (Å²) in [6.07, 6.45) is 0. The van der Waals surface area contributed by atoms with Crippen LogP contribution in [0.15, 0.2) is 48.5 Å². The fraction of sp³-hybridized carbons (Fsp3) is 0.278. The maximum absolute atomic E-state index is 10.5. The normalized spacial score (nSPS) is 14.9. The van der Waals surface area contributed by atoms with Gasteiger partial charge in [-0.15, -0.1) is 0 Å². The average molecular weight is 279 g/mol. The Labute approximate surface area is 124 Å². The summed E-state index contributed by atoms with van der Waals surface area (Å²) in [6.45, 7) is 5.45. The number of aliphatic hydroxyl groups is 1. The lowest BCUT2D eigenvalue weighted by atomic mass is 10.0. The second-order valence-electron chi connectivity index (χ2n) is 6.18. The first-order chi connectivity index (χ1) is 10.1. The first-order valence-corrected chi connectivity index (χ1v) is 7.41. The number of hydrogen-bond donors (Lipinski definition) is 1. The number of anilines is 1. The van der Waals surface area contributed by atoms with Crippen molar-refractivity contribution in [3.8, 4) is 0 Å². The lowest BCUT2D eigenvalue weighted by molar-refractivity contribution is -0.643. The van der Waals surface area contributed by atoms with E-state index in [4.69, 9.17) is 0 Å². The molecule has 0 atom stereocenters. The van der Waals surface area contributed by atoms with Crippen molar-refractivity contribution in [3.05, 3.63) is 48.5 Å². The van der Waals surface area contributed by atoms with Crippen molar-refractivity contribution in [2.75, 3.05) is 11.4 Å². The highest BCUT2D eigenvalue weighted by Crippen LogP contribution is 2.34. The van der Waals surface area contributed by atoms with Gasteiger partial charge in [0.2, 0.25) is 0 Å². The molecular formula is C18H19N2O+. The zero-order valence-electron chi connectivity index (χ0n) is 12.4. The van der Waals surface area contributed by atoms with E-state index in [0.29, 0.717) is 0 Å². The monoisotopic (exact) mass is 279 g/mol. The van der Waals surface area contributed by atoms with Crippen LogP contribution in [0.1, 0.15) is 13.8 Å². The van der Waals surface area contributed by atoms with E-state index < -0.39 is 5.72 Å². The van der Waals surface area contributed by atoms with Crippen LogP contribution in [0.5, 0.6) is 0 Å². The van der Waals surface area contributed by atoms with E-state index in [9.17, 15) is 5.11 Å². The summed E-state index contributed by atoms with van der Waals surface area (Å²) in [4.78, 5) is 2.10. The molecule has 0 radical (unpaired) electrons. The number of fused-ring (bicyclic) bond motifs is 6. The minimum atomic E-state index is -0.858. The summed E-state index contributed by atoms with van der Waals surface area (Å²) < 4.78 is 2.33. The predicted octanol–water partition coefficient (Wildman–Crippen LogP) is 2.83. The van der Waals surface area contributed by atoms with Crippen molar-refractivity contribution in [1.29, 1.82) is 0 Å². The molecule has 0 fully saturated rings. The summed E-state index contributed by atoms with van der Waals surface area (Å²) >= 11 is 0. The van der Waals surface area contributed by atoms with E-state index in [-0.39, 0.29) is 0 Å². The zero-order chi connectivity index (χ0) is 14.6. The maximum Gasteiger partial charge on any atom is 0.287 e. The van der Waals surface area contributed by atoms with Gasteiger partial charge in [0, 0.05) is 24.6 Å². The van der Waals surface area contributed by atoms with Crippen LogP contribution in [0.25, 0.3) is 21.7 Å². The van der Waals surface area contributed by atoms with E-state index in [2.05, 4.69) is 58.0 Å². The lowest BCUT2D eigenvalue weighted by Crippen LogP contribution is -2.43. The lowest BCUT2D eigenvalue weighted by Gasteiger charge is -2.25. The highest BCUT2D eigenvalue weighted by Gasteiger charge is 2.40. The molecule has 3 nitrogen and oxygen atoms in total. The molecule has 2 aromatic carbocycles. The third-order valence-electron chi connectivity index (χ3n) is 4.37. The van der Waals surface area contributed by atoms with Gasteiger partial charge in [0.05, 0.1) is 5.39 Å². The maximum atomic E-state index is 10.5. The van der Waals surface area contributed by atoms with Gasteiger partial charge >= 0.3 is 0 Å². The Morgan fingerprint density at radius 1 is 0.952 bits per heavy atom. The van der Waals surface area contributed by atoms with Gasteiger partial charge in [-0.1, -0.05) is 36.4 Å². The van der Waals surface area contributed by atoms with E-state index in [1.165, 1.54) is 21.7 Å². The molecule has 0 amide bonds. The van der Waals surface area contributed by atoms with E-state index >= 15 is 0 Å². The summed E-state index contributed by atoms with van der Waals surface area (Å²) in [7, 11) is 0. The average Bonchev–Trinajstić information content (AvgIpc) is 2.93. The van der Waals surface area contributed by atoms with Crippen molar-refractivity contribution >= 4 is 27.5 Å². The second kappa shape index (κ2) is 4.18. The Kier molecular flexibility index (Phi) is 2.51. The van der Waals surface area contributed by atoms with E-state index in [1.54, 1.807) is 0 Å². The molecular weight excluding hydrogens is 260 g/mol. The van der Waals surface area contributed by atoms with Crippen molar-refractivity contribution in [3.63, 3.8) is 0 Å². The molecule has 106 valence electrons. The van der Waals surface area contributed by atoms with Crippen LogP contribution in [0.2, 0.25) is 0 Å². The quantitative estimate of drug-likeness (QED) is 0.548. The van der Waals surface area contributed by atoms with E-state index in [0.717, 1.165) is 18.9 Å². The summed E-state index contributed by atoms with van der Waals surface area (Å²) in [6, 6.07) is 17.0. The van der Waals surface area contributed by atoms with E-state index in [1.807, 2.05) is 13.8 Å². The largest absolute Gasteiger partial charge is 0.353 e. The minimum Gasteiger partial charge on any atom is -0.353 e. The van der Waals surface area contributed by atoms with Gasteiger partial charge in [-0.2, -0.15) is 0 Å². The highest BCUT2D eigenvalue weighted by atomic mass is 16.3. The third-order valence-corrected chi connectivity index (χ3v) is 4.37. The summed E-state index contributed by atoms with van der Waals surface area (Å²) in [5.41, 5.74) is 0.377. The van der Waals surface area contributed by atoms with Gasteiger partial charge in [-0.25, -0.2) is 9.47 Å². The van der Waals surface area contributed by atoms with Crippen LogP contribution in [-0.4, -0.2) is 17.4 Å². The molecule has 1 N–H and O–H groups in total. The van der Waals surface area contributed by atoms with Crippen LogP contribution < -0.4 is 9.47 Å². The fourth-order valence-corrected chi connectivity index (χ4v) is 3.47. The van der Waals surface area contributed by atoms with Crippen molar-refractivity contribution in [1.82, 2.24) is 0 Å². The molecule has 2 heterocycles. The minimum absolute atomic E-state index is 0.835. The number of nitrogens with zero attached hydrogens (tertiary/aromatic N) is 2.